The van der Waals surface area contributed by atoms with Crippen molar-refractivity contribution in [2.75, 3.05) is 13.1 Å². The van der Waals surface area contributed by atoms with Crippen LogP contribution >= 0.6 is 0 Å². The molecule has 1 unspecified atom stereocenters. The summed E-state index contributed by atoms with van der Waals surface area (Å²) < 4.78 is 0. The van der Waals surface area contributed by atoms with Crippen molar-refractivity contribution in [1.82, 2.24) is 10.2 Å². The Bertz CT molecular complexity index is 1650. The van der Waals surface area contributed by atoms with Gasteiger partial charge >= 0.3 is 18.0 Å². The van der Waals surface area contributed by atoms with Gasteiger partial charge in [-0.25, -0.2) is 9.59 Å². The van der Waals surface area contributed by atoms with Gasteiger partial charge in [0, 0.05) is 19.0 Å². The van der Waals surface area contributed by atoms with E-state index in [0.29, 0.717) is 19.4 Å². The summed E-state index contributed by atoms with van der Waals surface area (Å²) in [6.45, 7) is 4.18. The summed E-state index contributed by atoms with van der Waals surface area (Å²) in [6, 6.07) is 31.8. The molecule has 0 radical (unpaired) electrons. The number of amides is 2. The molecule has 0 saturated carbocycles. The van der Waals surface area contributed by atoms with E-state index in [-0.39, 0.29) is 12.5 Å². The minimum absolute atomic E-state index is 0.0200. The lowest BCUT2D eigenvalue weighted by Crippen LogP contribution is -2.52. The molecule has 0 aliphatic heterocycles. The number of nitrogens with one attached hydrogen (secondary N) is 1. The van der Waals surface area contributed by atoms with E-state index in [1.54, 1.807) is 0 Å². The Labute approximate surface area is 277 Å². The van der Waals surface area contributed by atoms with Gasteiger partial charge < -0.3 is 20.4 Å². The van der Waals surface area contributed by atoms with Gasteiger partial charge in [-0.3, -0.25) is 4.79 Å². The molecule has 0 fully saturated rings. The lowest BCUT2D eigenvalue weighted by atomic mass is 9.83. The van der Waals surface area contributed by atoms with Crippen molar-refractivity contribution in [3.05, 3.63) is 131 Å². The highest BCUT2D eigenvalue weighted by molar-refractivity contribution is 5.84. The van der Waals surface area contributed by atoms with Crippen LogP contribution in [0.5, 0.6) is 0 Å². The molecule has 7 nitrogen and oxygen atoms in total. The van der Waals surface area contributed by atoms with Crippen molar-refractivity contribution in [3.8, 4) is 11.1 Å². The van der Waals surface area contributed by atoms with E-state index < -0.39 is 35.8 Å². The topological polar surface area (TPSA) is 107 Å². The summed E-state index contributed by atoms with van der Waals surface area (Å²) in [7, 11) is 0. The maximum absolute atomic E-state index is 14.0. The molecule has 5 rings (SSSR count). The van der Waals surface area contributed by atoms with E-state index in [4.69, 9.17) is 0 Å². The van der Waals surface area contributed by atoms with Gasteiger partial charge in [-0.15, -0.1) is 0 Å². The van der Waals surface area contributed by atoms with Crippen LogP contribution in [0.25, 0.3) is 11.1 Å². The molecule has 0 heterocycles. The molecule has 0 saturated heterocycles. The number of carboxylic acids is 2. The highest BCUT2D eigenvalue weighted by Gasteiger charge is 2.35. The standard InChI is InChI=1S/C40H44N2O5/c1-27(2)25-42(26-35(38(43)44)17-16-28-10-5-3-6-11-28)40(47)41-37(39(45)46)36(34-23-20-30-14-9-15-33(30)24-34)32-21-18-31(19-22-32)29-12-7-4-8-13-29/h3-8,10-13,18-24,27,35-37H,9,14-17,25-26H2,1-2H3,(H,41,47)(H,43,44)(H,45,46)/t35-,36?,37-/m0/s1. The Morgan fingerprint density at radius 1 is 0.723 bits per heavy atom. The van der Waals surface area contributed by atoms with E-state index in [1.807, 2.05) is 105 Å². The third-order valence-electron chi connectivity index (χ3n) is 9.02. The maximum atomic E-state index is 14.0. The summed E-state index contributed by atoms with van der Waals surface area (Å²) in [5.41, 5.74) is 7.19. The first-order chi connectivity index (χ1) is 22.7. The van der Waals surface area contributed by atoms with Crippen molar-refractivity contribution in [2.24, 2.45) is 11.8 Å². The molecule has 7 heteroatoms. The zero-order valence-corrected chi connectivity index (χ0v) is 27.1. The molecule has 3 atom stereocenters. The highest BCUT2D eigenvalue weighted by atomic mass is 16.4. The predicted octanol–water partition coefficient (Wildman–Crippen LogP) is 7.43. The molecule has 0 aromatic heterocycles. The molecule has 4 aromatic carbocycles. The second-order valence-corrected chi connectivity index (χ2v) is 13.0. The van der Waals surface area contributed by atoms with Crippen LogP contribution in [0.1, 0.15) is 60.4 Å². The molecule has 1 aliphatic carbocycles. The fraction of sp³-hybridized carbons (Fsp3) is 0.325. The molecular weight excluding hydrogens is 588 g/mol. The summed E-state index contributed by atoms with van der Waals surface area (Å²) in [4.78, 5) is 40.8. The van der Waals surface area contributed by atoms with Crippen molar-refractivity contribution in [3.63, 3.8) is 0 Å². The minimum Gasteiger partial charge on any atom is -0.481 e. The van der Waals surface area contributed by atoms with E-state index in [1.165, 1.54) is 16.0 Å². The molecule has 2 amide bonds. The second-order valence-electron chi connectivity index (χ2n) is 13.0. The first kappa shape index (κ1) is 33.5. The zero-order valence-electron chi connectivity index (χ0n) is 27.1. The van der Waals surface area contributed by atoms with Crippen molar-refractivity contribution < 1.29 is 24.6 Å². The van der Waals surface area contributed by atoms with Crippen LogP contribution in [0.15, 0.2) is 103 Å². The molecule has 244 valence electrons. The molecule has 4 aromatic rings. The Hall–Kier alpha value is -4.91. The van der Waals surface area contributed by atoms with Crippen LogP contribution in [-0.4, -0.2) is 52.2 Å². The Kier molecular flexibility index (Phi) is 11.1. The van der Waals surface area contributed by atoms with Crippen LogP contribution < -0.4 is 5.32 Å². The number of aliphatic carboxylic acids is 2. The number of hydrogen-bond acceptors (Lipinski definition) is 3. The van der Waals surface area contributed by atoms with Gasteiger partial charge in [-0.05, 0) is 77.0 Å². The lowest BCUT2D eigenvalue weighted by molar-refractivity contribution is -0.143. The van der Waals surface area contributed by atoms with Crippen molar-refractivity contribution >= 4 is 18.0 Å². The largest absolute Gasteiger partial charge is 0.481 e. The van der Waals surface area contributed by atoms with Gasteiger partial charge in [-0.1, -0.05) is 117 Å². The fourth-order valence-corrected chi connectivity index (χ4v) is 6.61. The van der Waals surface area contributed by atoms with Crippen molar-refractivity contribution in [2.45, 2.75) is 57.9 Å². The van der Waals surface area contributed by atoms with Crippen molar-refractivity contribution in [1.29, 1.82) is 0 Å². The van der Waals surface area contributed by atoms with E-state index in [9.17, 15) is 24.6 Å². The smallest absolute Gasteiger partial charge is 0.327 e. The number of benzene rings is 4. The normalized spacial score (nSPS) is 14.2. The Morgan fingerprint density at radius 2 is 1.34 bits per heavy atom. The number of carbonyl (C=O) groups excluding carboxylic acids is 1. The first-order valence-corrected chi connectivity index (χ1v) is 16.5. The molecule has 47 heavy (non-hydrogen) atoms. The van der Waals surface area contributed by atoms with Gasteiger partial charge in [-0.2, -0.15) is 0 Å². The number of rotatable bonds is 14. The summed E-state index contributed by atoms with van der Waals surface area (Å²) in [6.07, 6.45) is 3.92. The average molecular weight is 633 g/mol. The molecule has 0 spiro atoms. The number of carbonyl (C=O) groups is 3. The van der Waals surface area contributed by atoms with E-state index in [0.717, 1.165) is 47.1 Å². The van der Waals surface area contributed by atoms with Gasteiger partial charge in [0.05, 0.1) is 5.92 Å². The number of hydrogen-bond donors (Lipinski definition) is 3. The molecule has 1 aliphatic rings. The summed E-state index contributed by atoms with van der Waals surface area (Å²) in [5.74, 6) is -3.56. The van der Waals surface area contributed by atoms with E-state index >= 15 is 0 Å². The van der Waals surface area contributed by atoms with Crippen LogP contribution in [0.3, 0.4) is 0 Å². The van der Waals surface area contributed by atoms with Gasteiger partial charge in [0.15, 0.2) is 0 Å². The van der Waals surface area contributed by atoms with Crippen LogP contribution in [-0.2, 0) is 28.9 Å². The van der Waals surface area contributed by atoms with Gasteiger partial charge in [0.1, 0.15) is 6.04 Å². The third-order valence-corrected chi connectivity index (χ3v) is 9.02. The summed E-state index contributed by atoms with van der Waals surface area (Å²) in [5, 5.41) is 23.6. The maximum Gasteiger partial charge on any atom is 0.327 e. The quantitative estimate of drug-likeness (QED) is 0.134. The lowest BCUT2D eigenvalue weighted by Gasteiger charge is -2.32. The Balaban J connectivity index is 1.44. The first-order valence-electron chi connectivity index (χ1n) is 16.5. The fourth-order valence-electron chi connectivity index (χ4n) is 6.61. The van der Waals surface area contributed by atoms with Crippen LogP contribution in [0.2, 0.25) is 0 Å². The number of carboxylic acid groups (broad SMARTS) is 2. The SMILES string of the molecule is CC(C)CN(C[C@H](CCc1ccccc1)C(=O)O)C(=O)N[C@H](C(=O)O)C(c1ccc(-c2ccccc2)cc1)c1ccc2c(c1)CCC2. The third kappa shape index (κ3) is 8.67. The number of nitrogens with zero attached hydrogens (tertiary/aromatic N) is 1. The second kappa shape index (κ2) is 15.6. The zero-order chi connectivity index (χ0) is 33.3. The molecular formula is C40H44N2O5. The number of aryl methyl sites for hydroxylation is 3. The van der Waals surface area contributed by atoms with E-state index in [2.05, 4.69) is 17.4 Å². The average Bonchev–Trinajstić information content (AvgIpc) is 3.55. The van der Waals surface area contributed by atoms with Gasteiger partial charge in [0.2, 0.25) is 0 Å². The number of urea groups is 1. The molecule has 3 N–H and O–H groups in total. The van der Waals surface area contributed by atoms with Crippen LogP contribution in [0.4, 0.5) is 4.79 Å². The number of fused-ring (bicyclic) bond motifs is 1. The Morgan fingerprint density at radius 3 is 1.98 bits per heavy atom. The monoisotopic (exact) mass is 632 g/mol. The molecule has 0 bridgehead atoms. The highest BCUT2D eigenvalue weighted by Crippen LogP contribution is 2.34. The van der Waals surface area contributed by atoms with Gasteiger partial charge in [0.25, 0.3) is 0 Å². The van der Waals surface area contributed by atoms with Crippen LogP contribution in [0, 0.1) is 11.8 Å². The minimum atomic E-state index is -1.29. The summed E-state index contributed by atoms with van der Waals surface area (Å²) >= 11 is 0. The predicted molar refractivity (Wildman–Crippen MR) is 184 cm³/mol.